The van der Waals surface area contributed by atoms with Crippen molar-refractivity contribution in [2.75, 3.05) is 23.7 Å². The van der Waals surface area contributed by atoms with Gasteiger partial charge in [0.05, 0.1) is 11.9 Å². The fourth-order valence-electron chi connectivity index (χ4n) is 2.43. The summed E-state index contributed by atoms with van der Waals surface area (Å²) in [5, 5.41) is 3.46. The van der Waals surface area contributed by atoms with Gasteiger partial charge in [-0.1, -0.05) is 51.8 Å². The van der Waals surface area contributed by atoms with Crippen molar-refractivity contribution in [2.24, 2.45) is 0 Å². The molecule has 26 heavy (non-hydrogen) atoms. The molecule has 0 spiro atoms. The van der Waals surface area contributed by atoms with Gasteiger partial charge in [0.1, 0.15) is 6.54 Å². The monoisotopic (exact) mass is 458 g/mol. The standard InChI is InChI=1S/C18H20BrClN2O3S/c1-26(24,25)22(16-9-4-8-15(19)12-16)13-18(23)21-11-5-7-14-6-2-3-10-17(14)20/h2-4,6,8-10,12H,5,7,11,13H2,1H3,(H,21,23). The number of rotatable bonds is 8. The zero-order valence-electron chi connectivity index (χ0n) is 14.3. The molecule has 0 atom stereocenters. The highest BCUT2D eigenvalue weighted by Crippen LogP contribution is 2.22. The Morgan fingerprint density at radius 2 is 1.92 bits per heavy atom. The van der Waals surface area contributed by atoms with Crippen LogP contribution >= 0.6 is 27.5 Å². The normalized spacial score (nSPS) is 11.2. The van der Waals surface area contributed by atoms with Gasteiger partial charge in [-0.3, -0.25) is 9.10 Å². The zero-order valence-corrected chi connectivity index (χ0v) is 17.4. The smallest absolute Gasteiger partial charge is 0.240 e. The Kier molecular flexibility index (Phi) is 7.49. The first-order valence-electron chi connectivity index (χ1n) is 8.01. The van der Waals surface area contributed by atoms with Gasteiger partial charge in [-0.05, 0) is 42.7 Å². The molecule has 0 radical (unpaired) electrons. The number of hydrogen-bond donors (Lipinski definition) is 1. The topological polar surface area (TPSA) is 66.5 Å². The Hall–Kier alpha value is -1.57. The van der Waals surface area contributed by atoms with Crippen LogP contribution in [0.2, 0.25) is 5.02 Å². The maximum Gasteiger partial charge on any atom is 0.240 e. The van der Waals surface area contributed by atoms with Gasteiger partial charge in [-0.2, -0.15) is 0 Å². The second kappa shape index (κ2) is 9.39. The fourth-order valence-corrected chi connectivity index (χ4v) is 3.89. The van der Waals surface area contributed by atoms with Crippen molar-refractivity contribution in [3.8, 4) is 0 Å². The maximum absolute atomic E-state index is 12.2. The molecule has 0 aliphatic rings. The molecule has 8 heteroatoms. The lowest BCUT2D eigenvalue weighted by atomic mass is 10.1. The molecule has 0 heterocycles. The molecule has 2 aromatic carbocycles. The van der Waals surface area contributed by atoms with Crippen LogP contribution in [0.3, 0.4) is 0 Å². The third kappa shape index (κ3) is 6.30. The molecule has 140 valence electrons. The number of aryl methyl sites for hydroxylation is 1. The summed E-state index contributed by atoms with van der Waals surface area (Å²) >= 11 is 9.41. The van der Waals surface area contributed by atoms with Gasteiger partial charge < -0.3 is 5.32 Å². The van der Waals surface area contributed by atoms with Gasteiger partial charge in [-0.25, -0.2) is 8.42 Å². The van der Waals surface area contributed by atoms with Gasteiger partial charge in [0.2, 0.25) is 15.9 Å². The highest BCUT2D eigenvalue weighted by Gasteiger charge is 2.20. The number of anilines is 1. The van der Waals surface area contributed by atoms with E-state index in [1.54, 1.807) is 24.3 Å². The molecule has 2 rings (SSSR count). The van der Waals surface area contributed by atoms with Crippen molar-refractivity contribution in [1.29, 1.82) is 0 Å². The largest absolute Gasteiger partial charge is 0.355 e. The van der Waals surface area contributed by atoms with Crippen molar-refractivity contribution < 1.29 is 13.2 Å². The quantitative estimate of drug-likeness (QED) is 0.613. The lowest BCUT2D eigenvalue weighted by Gasteiger charge is -2.22. The zero-order chi connectivity index (χ0) is 19.2. The maximum atomic E-state index is 12.2. The number of nitrogens with one attached hydrogen (secondary N) is 1. The summed E-state index contributed by atoms with van der Waals surface area (Å²) in [5.74, 6) is -0.352. The first kappa shape index (κ1) is 20.7. The summed E-state index contributed by atoms with van der Waals surface area (Å²) in [5.41, 5.74) is 1.46. The van der Waals surface area contributed by atoms with E-state index < -0.39 is 10.0 Å². The number of amides is 1. The van der Waals surface area contributed by atoms with Gasteiger partial charge in [0.15, 0.2) is 0 Å². The molecular formula is C18H20BrClN2O3S. The first-order chi connectivity index (χ1) is 12.3. The summed E-state index contributed by atoms with van der Waals surface area (Å²) in [7, 11) is -3.57. The van der Waals surface area contributed by atoms with Crippen LogP contribution in [-0.4, -0.2) is 33.7 Å². The number of carbonyl (C=O) groups is 1. The fraction of sp³-hybridized carbons (Fsp3) is 0.278. The minimum Gasteiger partial charge on any atom is -0.355 e. The Morgan fingerprint density at radius 3 is 2.58 bits per heavy atom. The molecule has 0 unspecified atom stereocenters. The molecule has 1 amide bonds. The number of halogens is 2. The van der Waals surface area contributed by atoms with Crippen LogP contribution in [0.5, 0.6) is 0 Å². The van der Waals surface area contributed by atoms with E-state index in [-0.39, 0.29) is 12.5 Å². The average molecular weight is 460 g/mol. The Bertz CT molecular complexity index is 874. The number of nitrogens with zero attached hydrogens (tertiary/aromatic N) is 1. The molecule has 1 N–H and O–H groups in total. The van der Waals surface area contributed by atoms with E-state index in [1.807, 2.05) is 24.3 Å². The van der Waals surface area contributed by atoms with Crippen LogP contribution in [0.25, 0.3) is 0 Å². The lowest BCUT2D eigenvalue weighted by Crippen LogP contribution is -2.40. The van der Waals surface area contributed by atoms with Gasteiger partial charge in [0, 0.05) is 16.0 Å². The van der Waals surface area contributed by atoms with Crippen LogP contribution in [0.1, 0.15) is 12.0 Å². The summed E-state index contributed by atoms with van der Waals surface area (Å²) in [6.45, 7) is 0.182. The Labute approximate surface area is 167 Å². The number of sulfonamides is 1. The summed E-state index contributed by atoms with van der Waals surface area (Å²) in [6, 6.07) is 14.4. The van der Waals surface area contributed by atoms with Crippen LogP contribution in [-0.2, 0) is 21.2 Å². The molecule has 0 saturated carbocycles. The van der Waals surface area contributed by atoms with E-state index in [4.69, 9.17) is 11.6 Å². The van der Waals surface area contributed by atoms with E-state index >= 15 is 0 Å². The molecule has 0 fully saturated rings. The third-order valence-electron chi connectivity index (χ3n) is 3.69. The van der Waals surface area contributed by atoms with Crippen molar-refractivity contribution in [3.05, 3.63) is 63.6 Å². The number of benzene rings is 2. The van der Waals surface area contributed by atoms with E-state index in [9.17, 15) is 13.2 Å². The van der Waals surface area contributed by atoms with Crippen molar-refractivity contribution in [3.63, 3.8) is 0 Å². The SMILES string of the molecule is CS(=O)(=O)N(CC(=O)NCCCc1ccccc1Cl)c1cccc(Br)c1. The molecule has 0 aromatic heterocycles. The minimum absolute atomic E-state index is 0.263. The van der Waals surface area contributed by atoms with E-state index in [0.29, 0.717) is 23.7 Å². The van der Waals surface area contributed by atoms with E-state index in [2.05, 4.69) is 21.2 Å². The van der Waals surface area contributed by atoms with Crippen molar-refractivity contribution in [1.82, 2.24) is 5.32 Å². The second-order valence-corrected chi connectivity index (χ2v) is 9.02. The van der Waals surface area contributed by atoms with Crippen molar-refractivity contribution >= 4 is 49.1 Å². The Morgan fingerprint density at radius 1 is 1.19 bits per heavy atom. The molecule has 0 saturated heterocycles. The highest BCUT2D eigenvalue weighted by molar-refractivity contribution is 9.10. The molecule has 0 bridgehead atoms. The summed E-state index contributed by atoms with van der Waals surface area (Å²) in [6.07, 6.45) is 2.53. The summed E-state index contributed by atoms with van der Waals surface area (Å²) < 4.78 is 25.9. The van der Waals surface area contributed by atoms with Crippen LogP contribution in [0.4, 0.5) is 5.69 Å². The van der Waals surface area contributed by atoms with E-state index in [0.717, 1.165) is 27.0 Å². The highest BCUT2D eigenvalue weighted by atomic mass is 79.9. The number of hydrogen-bond acceptors (Lipinski definition) is 3. The van der Waals surface area contributed by atoms with E-state index in [1.165, 1.54) is 0 Å². The van der Waals surface area contributed by atoms with Crippen LogP contribution in [0.15, 0.2) is 53.0 Å². The predicted molar refractivity (Wildman–Crippen MR) is 109 cm³/mol. The van der Waals surface area contributed by atoms with Crippen LogP contribution < -0.4 is 9.62 Å². The van der Waals surface area contributed by atoms with Gasteiger partial charge >= 0.3 is 0 Å². The second-order valence-electron chi connectivity index (χ2n) is 5.79. The summed E-state index contributed by atoms with van der Waals surface area (Å²) in [4.78, 5) is 12.2. The Balaban J connectivity index is 1.91. The average Bonchev–Trinajstić information content (AvgIpc) is 2.57. The minimum atomic E-state index is -3.57. The lowest BCUT2D eigenvalue weighted by molar-refractivity contribution is -0.119. The third-order valence-corrected chi connectivity index (χ3v) is 5.69. The number of carbonyl (C=O) groups excluding carboxylic acids is 1. The molecule has 2 aromatic rings. The predicted octanol–water partition coefficient (Wildman–Crippen LogP) is 3.62. The van der Waals surface area contributed by atoms with Crippen molar-refractivity contribution in [2.45, 2.75) is 12.8 Å². The molecular weight excluding hydrogens is 440 g/mol. The van der Waals surface area contributed by atoms with Crippen LogP contribution in [0, 0.1) is 0 Å². The molecule has 0 aliphatic heterocycles. The van der Waals surface area contributed by atoms with Gasteiger partial charge in [0.25, 0.3) is 0 Å². The molecule has 0 aliphatic carbocycles. The van der Waals surface area contributed by atoms with Gasteiger partial charge in [-0.15, -0.1) is 0 Å². The molecule has 5 nitrogen and oxygen atoms in total. The first-order valence-corrected chi connectivity index (χ1v) is 11.0.